The fourth-order valence-electron chi connectivity index (χ4n) is 0.656. The second kappa shape index (κ2) is 2.61. The van der Waals surface area contributed by atoms with Crippen molar-refractivity contribution in [1.29, 1.82) is 0 Å². The lowest BCUT2D eigenvalue weighted by molar-refractivity contribution is -0.401. The molecule has 0 saturated heterocycles. The molecule has 1 heterocycles. The van der Waals surface area contributed by atoms with Crippen LogP contribution in [0.1, 0.15) is 0 Å². The largest absolute Gasteiger partial charge is 0.434 e. The molecule has 0 fully saturated rings. The lowest BCUT2D eigenvalue weighted by Gasteiger charge is -2.04. The third-order valence-electron chi connectivity index (χ3n) is 1.20. The van der Waals surface area contributed by atoms with E-state index in [9.17, 15) is 10.1 Å². The van der Waals surface area contributed by atoms with Gasteiger partial charge in [0.15, 0.2) is 0 Å². The van der Waals surface area contributed by atoms with Crippen molar-refractivity contribution in [1.82, 2.24) is 0 Å². The van der Waals surface area contributed by atoms with E-state index >= 15 is 0 Å². The zero-order valence-corrected chi connectivity index (χ0v) is 6.27. The first-order valence-corrected chi connectivity index (χ1v) is 3.03. The maximum absolute atomic E-state index is 10.1. The van der Waals surface area contributed by atoms with Crippen molar-refractivity contribution in [3.05, 3.63) is 22.2 Å². The van der Waals surface area contributed by atoms with E-state index < -0.39 is 4.92 Å². The number of anilines is 1. The predicted molar refractivity (Wildman–Crippen MR) is 39.7 cm³/mol. The molecular weight excluding hydrogens is 148 g/mol. The summed E-state index contributed by atoms with van der Waals surface area (Å²) in [6.45, 7) is 0. The minimum atomic E-state index is -0.562. The van der Waals surface area contributed by atoms with Crippen LogP contribution in [0.25, 0.3) is 0 Å². The molecule has 0 saturated carbocycles. The molecule has 0 spiro atoms. The SMILES string of the molecule is CN(C)c1ccc([N+](=O)[O-])o1. The Balaban J connectivity index is 2.90. The Morgan fingerprint density at radius 2 is 2.18 bits per heavy atom. The van der Waals surface area contributed by atoms with Crippen molar-refractivity contribution in [2.24, 2.45) is 0 Å². The molecule has 1 aromatic heterocycles. The van der Waals surface area contributed by atoms with Crippen LogP contribution in [0, 0.1) is 10.1 Å². The summed E-state index contributed by atoms with van der Waals surface area (Å²) in [4.78, 5) is 11.2. The number of furan rings is 1. The second-order valence-electron chi connectivity index (χ2n) is 2.26. The van der Waals surface area contributed by atoms with Crippen molar-refractivity contribution in [2.75, 3.05) is 19.0 Å². The van der Waals surface area contributed by atoms with Gasteiger partial charge in [-0.25, -0.2) is 0 Å². The quantitative estimate of drug-likeness (QED) is 0.477. The van der Waals surface area contributed by atoms with Crippen LogP contribution < -0.4 is 4.90 Å². The summed E-state index contributed by atoms with van der Waals surface area (Å²) in [5.74, 6) is 0.255. The summed E-state index contributed by atoms with van der Waals surface area (Å²) < 4.78 is 4.83. The fraction of sp³-hybridized carbons (Fsp3) is 0.333. The maximum Gasteiger partial charge on any atom is 0.434 e. The first-order chi connectivity index (χ1) is 5.11. The first kappa shape index (κ1) is 7.59. The Morgan fingerprint density at radius 3 is 2.45 bits per heavy atom. The lowest BCUT2D eigenvalue weighted by Crippen LogP contribution is -2.06. The molecule has 0 amide bonds. The van der Waals surface area contributed by atoms with Crippen molar-refractivity contribution in [2.45, 2.75) is 0 Å². The van der Waals surface area contributed by atoms with Gasteiger partial charge in [-0.05, 0) is 0 Å². The van der Waals surface area contributed by atoms with Crippen molar-refractivity contribution >= 4 is 11.8 Å². The van der Waals surface area contributed by atoms with Crippen LogP contribution in [0.15, 0.2) is 16.5 Å². The highest BCUT2D eigenvalue weighted by molar-refractivity contribution is 5.37. The van der Waals surface area contributed by atoms with E-state index in [0.717, 1.165) is 0 Å². The molecule has 0 radical (unpaired) electrons. The molecule has 5 heteroatoms. The van der Waals surface area contributed by atoms with Crippen LogP contribution in [0.2, 0.25) is 0 Å². The van der Waals surface area contributed by atoms with Crippen LogP contribution in [0.5, 0.6) is 0 Å². The number of hydrogen-bond donors (Lipinski definition) is 0. The minimum Gasteiger partial charge on any atom is -0.384 e. The lowest BCUT2D eigenvalue weighted by atomic mass is 10.6. The van der Waals surface area contributed by atoms with Gasteiger partial charge in [0.05, 0.1) is 6.07 Å². The van der Waals surface area contributed by atoms with E-state index in [1.807, 2.05) is 0 Å². The molecule has 0 bridgehead atoms. The molecule has 1 rings (SSSR count). The molecule has 0 unspecified atom stereocenters. The normalized spacial score (nSPS) is 9.64. The molecule has 0 aliphatic carbocycles. The molecular formula is C6H8N2O3. The zero-order valence-electron chi connectivity index (χ0n) is 6.27. The molecule has 0 aliphatic rings. The summed E-state index contributed by atoms with van der Waals surface area (Å²) >= 11 is 0. The van der Waals surface area contributed by atoms with E-state index in [2.05, 4.69) is 0 Å². The third-order valence-corrected chi connectivity index (χ3v) is 1.20. The Bertz CT molecular complexity index is 267. The molecule has 0 N–H and O–H groups in total. The molecule has 5 nitrogen and oxygen atoms in total. The van der Waals surface area contributed by atoms with Gasteiger partial charge < -0.3 is 9.32 Å². The monoisotopic (exact) mass is 156 g/mol. The smallest absolute Gasteiger partial charge is 0.384 e. The van der Waals surface area contributed by atoms with Crippen LogP contribution in [-0.2, 0) is 0 Å². The third kappa shape index (κ3) is 1.49. The summed E-state index contributed by atoms with van der Waals surface area (Å²) in [5, 5.41) is 10.1. The first-order valence-electron chi connectivity index (χ1n) is 3.03. The van der Waals surface area contributed by atoms with E-state index in [-0.39, 0.29) is 5.88 Å². The minimum absolute atomic E-state index is 0.228. The van der Waals surface area contributed by atoms with Crippen LogP contribution >= 0.6 is 0 Å². The molecule has 0 aromatic carbocycles. The molecule has 11 heavy (non-hydrogen) atoms. The number of nitrogens with zero attached hydrogens (tertiary/aromatic N) is 2. The van der Waals surface area contributed by atoms with Gasteiger partial charge in [-0.3, -0.25) is 10.1 Å². The van der Waals surface area contributed by atoms with Crippen molar-refractivity contribution < 1.29 is 9.34 Å². The van der Waals surface area contributed by atoms with Gasteiger partial charge in [0, 0.05) is 20.2 Å². The standard InChI is InChI=1S/C6H8N2O3/c1-7(2)5-3-4-6(11-5)8(9)10/h3-4H,1-2H3. The Hall–Kier alpha value is -1.52. The van der Waals surface area contributed by atoms with E-state index in [4.69, 9.17) is 4.42 Å². The van der Waals surface area contributed by atoms with Crippen molar-refractivity contribution in [3.63, 3.8) is 0 Å². The van der Waals surface area contributed by atoms with Gasteiger partial charge in [-0.1, -0.05) is 0 Å². The molecule has 1 aromatic rings. The van der Waals surface area contributed by atoms with Gasteiger partial charge in [0.2, 0.25) is 5.88 Å². The van der Waals surface area contributed by atoms with Crippen LogP contribution in [0.3, 0.4) is 0 Å². The zero-order chi connectivity index (χ0) is 8.43. The predicted octanol–water partition coefficient (Wildman–Crippen LogP) is 1.25. The fourth-order valence-corrected chi connectivity index (χ4v) is 0.656. The Kier molecular flexibility index (Phi) is 1.80. The molecule has 60 valence electrons. The Labute approximate surface area is 63.4 Å². The van der Waals surface area contributed by atoms with E-state index in [1.54, 1.807) is 25.1 Å². The highest BCUT2D eigenvalue weighted by Gasteiger charge is 2.11. The highest BCUT2D eigenvalue weighted by Crippen LogP contribution is 2.21. The van der Waals surface area contributed by atoms with E-state index in [0.29, 0.717) is 5.88 Å². The molecule has 0 aliphatic heterocycles. The van der Waals surface area contributed by atoms with E-state index in [1.165, 1.54) is 6.07 Å². The van der Waals surface area contributed by atoms with Gasteiger partial charge in [0.25, 0.3) is 0 Å². The number of hydrogen-bond acceptors (Lipinski definition) is 4. The van der Waals surface area contributed by atoms with Crippen LogP contribution in [0.4, 0.5) is 11.8 Å². The average Bonchev–Trinajstić information content (AvgIpc) is 2.33. The topological polar surface area (TPSA) is 59.5 Å². The highest BCUT2D eigenvalue weighted by atomic mass is 16.6. The Morgan fingerprint density at radius 1 is 1.55 bits per heavy atom. The van der Waals surface area contributed by atoms with Crippen LogP contribution in [-0.4, -0.2) is 19.0 Å². The number of rotatable bonds is 2. The average molecular weight is 156 g/mol. The van der Waals surface area contributed by atoms with Crippen molar-refractivity contribution in [3.8, 4) is 0 Å². The van der Waals surface area contributed by atoms with Gasteiger partial charge in [-0.2, -0.15) is 0 Å². The van der Waals surface area contributed by atoms with Gasteiger partial charge >= 0.3 is 5.88 Å². The van der Waals surface area contributed by atoms with Gasteiger partial charge in [0.1, 0.15) is 4.92 Å². The second-order valence-corrected chi connectivity index (χ2v) is 2.26. The summed E-state index contributed by atoms with van der Waals surface area (Å²) in [5.41, 5.74) is 0. The summed E-state index contributed by atoms with van der Waals surface area (Å²) in [6.07, 6.45) is 0. The summed E-state index contributed by atoms with van der Waals surface area (Å²) in [7, 11) is 3.51. The summed E-state index contributed by atoms with van der Waals surface area (Å²) in [6, 6.07) is 2.88. The molecule has 0 atom stereocenters. The number of nitro groups is 1. The van der Waals surface area contributed by atoms with Gasteiger partial charge in [-0.15, -0.1) is 0 Å². The maximum atomic E-state index is 10.1.